The van der Waals surface area contributed by atoms with Gasteiger partial charge in [0.05, 0.1) is 7.11 Å². The zero-order valence-electron chi connectivity index (χ0n) is 13.0. The minimum Gasteiger partial charge on any atom is -0.497 e. The Balaban J connectivity index is 1.98. The van der Waals surface area contributed by atoms with Crippen molar-refractivity contribution in [3.63, 3.8) is 0 Å². The summed E-state index contributed by atoms with van der Waals surface area (Å²) in [6.07, 6.45) is 0.290. The summed E-state index contributed by atoms with van der Waals surface area (Å²) >= 11 is 0. The number of carbonyl (C=O) groups is 1. The van der Waals surface area contributed by atoms with E-state index in [1.165, 1.54) is 4.68 Å². The molecule has 24 heavy (non-hydrogen) atoms. The van der Waals surface area contributed by atoms with Crippen molar-refractivity contribution in [3.8, 4) is 17.1 Å². The van der Waals surface area contributed by atoms with Gasteiger partial charge in [0.25, 0.3) is 0 Å². The molecule has 3 aromatic rings. The van der Waals surface area contributed by atoms with Gasteiger partial charge in [-0.25, -0.2) is 9.48 Å². The summed E-state index contributed by atoms with van der Waals surface area (Å²) in [5.74, 6) is 0.0458. The molecule has 1 aromatic heterocycles. The van der Waals surface area contributed by atoms with Crippen LogP contribution in [0.3, 0.4) is 0 Å². The number of rotatable bonds is 6. The Morgan fingerprint density at radius 2 is 2.00 bits per heavy atom. The normalized spacial score (nSPS) is 11.9. The number of aromatic nitrogens is 4. The highest BCUT2D eigenvalue weighted by Crippen LogP contribution is 2.25. The Labute approximate surface area is 138 Å². The molecule has 7 nitrogen and oxygen atoms in total. The molecule has 0 fully saturated rings. The predicted molar refractivity (Wildman–Crippen MR) is 86.6 cm³/mol. The number of methoxy groups -OCH3 is 1. The zero-order valence-corrected chi connectivity index (χ0v) is 13.0. The van der Waals surface area contributed by atoms with E-state index < -0.39 is 12.0 Å². The van der Waals surface area contributed by atoms with Gasteiger partial charge < -0.3 is 9.84 Å². The number of benzene rings is 2. The summed E-state index contributed by atoms with van der Waals surface area (Å²) in [4.78, 5) is 11.8. The first-order valence-corrected chi connectivity index (χ1v) is 7.38. The van der Waals surface area contributed by atoms with Gasteiger partial charge in [0, 0.05) is 12.0 Å². The highest BCUT2D eigenvalue weighted by Gasteiger charge is 2.25. The van der Waals surface area contributed by atoms with Gasteiger partial charge in [0.2, 0.25) is 0 Å². The van der Waals surface area contributed by atoms with Gasteiger partial charge in [-0.3, -0.25) is 0 Å². The lowest BCUT2D eigenvalue weighted by atomic mass is 10.1. The lowest BCUT2D eigenvalue weighted by Crippen LogP contribution is -2.23. The molecule has 2 aromatic carbocycles. The number of hydrogen-bond donors (Lipinski definition) is 1. The number of carboxylic acid groups (broad SMARTS) is 1. The molecule has 0 saturated carbocycles. The van der Waals surface area contributed by atoms with Crippen LogP contribution in [0.15, 0.2) is 54.6 Å². The summed E-state index contributed by atoms with van der Waals surface area (Å²) in [6, 6.07) is 15.7. The number of ether oxygens (including phenoxy) is 1. The number of aliphatic carboxylic acids is 1. The van der Waals surface area contributed by atoms with E-state index in [9.17, 15) is 9.90 Å². The lowest BCUT2D eigenvalue weighted by Gasteiger charge is -2.14. The number of nitrogens with zero attached hydrogens (tertiary/aromatic N) is 4. The molecule has 0 amide bonds. The van der Waals surface area contributed by atoms with Crippen molar-refractivity contribution in [1.82, 2.24) is 20.2 Å². The second-order valence-electron chi connectivity index (χ2n) is 5.22. The van der Waals surface area contributed by atoms with E-state index >= 15 is 0 Å². The second-order valence-corrected chi connectivity index (χ2v) is 5.22. The maximum atomic E-state index is 11.8. The molecule has 0 radical (unpaired) electrons. The topological polar surface area (TPSA) is 90.1 Å². The first-order chi connectivity index (χ1) is 11.7. The fraction of sp³-hybridized carbons (Fsp3) is 0.176. The molecule has 0 aliphatic heterocycles. The van der Waals surface area contributed by atoms with Gasteiger partial charge in [0.1, 0.15) is 5.75 Å². The summed E-state index contributed by atoms with van der Waals surface area (Å²) in [5.41, 5.74) is 1.59. The number of carboxylic acids is 1. The maximum Gasteiger partial charge on any atom is 0.329 e. The van der Waals surface area contributed by atoms with Crippen molar-refractivity contribution in [1.29, 1.82) is 0 Å². The molecule has 0 bridgehead atoms. The van der Waals surface area contributed by atoms with Crippen molar-refractivity contribution in [2.24, 2.45) is 0 Å². The van der Waals surface area contributed by atoms with Gasteiger partial charge in [-0.2, -0.15) is 0 Å². The Morgan fingerprint density at radius 1 is 1.21 bits per heavy atom. The molecule has 0 aliphatic carbocycles. The molecule has 3 rings (SSSR count). The largest absolute Gasteiger partial charge is 0.497 e. The van der Waals surface area contributed by atoms with E-state index in [2.05, 4.69) is 15.5 Å². The standard InChI is InChI=1S/C17H16N4O3/c1-24-14-9-5-8-13(11-14)16-18-19-20-21(16)15(17(22)23)10-12-6-3-2-4-7-12/h2-9,11,15H,10H2,1H3,(H,22,23). The summed E-state index contributed by atoms with van der Waals surface area (Å²) in [6.45, 7) is 0. The zero-order chi connectivity index (χ0) is 16.9. The van der Waals surface area contributed by atoms with Crippen LogP contribution in [-0.2, 0) is 11.2 Å². The van der Waals surface area contributed by atoms with Crippen LogP contribution in [0.1, 0.15) is 11.6 Å². The van der Waals surface area contributed by atoms with E-state index in [1.807, 2.05) is 36.4 Å². The predicted octanol–water partition coefficient (Wildman–Crippen LogP) is 2.22. The number of hydrogen-bond acceptors (Lipinski definition) is 5. The SMILES string of the molecule is COc1cccc(-c2nnnn2C(Cc2ccccc2)C(=O)O)c1. The molecule has 0 saturated heterocycles. The second kappa shape index (κ2) is 6.91. The van der Waals surface area contributed by atoms with E-state index in [0.29, 0.717) is 17.1 Å². The fourth-order valence-electron chi connectivity index (χ4n) is 2.47. The quantitative estimate of drug-likeness (QED) is 0.747. The van der Waals surface area contributed by atoms with E-state index in [4.69, 9.17) is 4.74 Å². The first kappa shape index (κ1) is 15.7. The average Bonchev–Trinajstić information content (AvgIpc) is 3.09. The van der Waals surface area contributed by atoms with Gasteiger partial charge in [0.15, 0.2) is 11.9 Å². The van der Waals surface area contributed by atoms with Crippen molar-refractivity contribution in [2.75, 3.05) is 7.11 Å². The van der Waals surface area contributed by atoms with Crippen molar-refractivity contribution < 1.29 is 14.6 Å². The van der Waals surface area contributed by atoms with Crippen LogP contribution in [0, 0.1) is 0 Å². The molecule has 1 heterocycles. The highest BCUT2D eigenvalue weighted by atomic mass is 16.5. The molecule has 0 spiro atoms. The molecule has 7 heteroatoms. The van der Waals surface area contributed by atoms with Crippen LogP contribution in [0.25, 0.3) is 11.4 Å². The maximum absolute atomic E-state index is 11.8. The van der Waals surface area contributed by atoms with Gasteiger partial charge in [-0.05, 0) is 28.1 Å². The first-order valence-electron chi connectivity index (χ1n) is 7.38. The molecule has 1 atom stereocenters. The van der Waals surface area contributed by atoms with Crippen molar-refractivity contribution >= 4 is 5.97 Å². The number of tetrazole rings is 1. The average molecular weight is 324 g/mol. The minimum absolute atomic E-state index is 0.290. The monoisotopic (exact) mass is 324 g/mol. The van der Waals surface area contributed by atoms with Gasteiger partial charge in [-0.1, -0.05) is 42.5 Å². The molecule has 1 unspecified atom stereocenters. The Bertz CT molecular complexity index is 833. The molecule has 0 aliphatic rings. The van der Waals surface area contributed by atoms with Crippen molar-refractivity contribution in [3.05, 3.63) is 60.2 Å². The van der Waals surface area contributed by atoms with Gasteiger partial charge in [-0.15, -0.1) is 5.10 Å². The minimum atomic E-state index is -0.990. The van der Waals surface area contributed by atoms with Crippen LogP contribution in [0.4, 0.5) is 0 Å². The Morgan fingerprint density at radius 3 is 2.71 bits per heavy atom. The van der Waals surface area contributed by atoms with Crippen LogP contribution in [-0.4, -0.2) is 38.4 Å². The third-order valence-electron chi connectivity index (χ3n) is 3.67. The molecular formula is C17H16N4O3. The Kier molecular flexibility index (Phi) is 4.51. The van der Waals surface area contributed by atoms with Crippen molar-refractivity contribution in [2.45, 2.75) is 12.5 Å². The van der Waals surface area contributed by atoms with E-state index in [0.717, 1.165) is 5.56 Å². The summed E-state index contributed by atoms with van der Waals surface area (Å²) in [7, 11) is 1.57. The molecular weight excluding hydrogens is 308 g/mol. The van der Waals surface area contributed by atoms with Crippen LogP contribution in [0.5, 0.6) is 5.75 Å². The molecule has 1 N–H and O–H groups in total. The van der Waals surface area contributed by atoms with Crippen LogP contribution >= 0.6 is 0 Å². The highest BCUT2D eigenvalue weighted by molar-refractivity contribution is 5.73. The fourth-order valence-corrected chi connectivity index (χ4v) is 2.47. The summed E-state index contributed by atoms with van der Waals surface area (Å²) in [5, 5.41) is 21.2. The summed E-state index contributed by atoms with van der Waals surface area (Å²) < 4.78 is 6.54. The smallest absolute Gasteiger partial charge is 0.329 e. The third-order valence-corrected chi connectivity index (χ3v) is 3.67. The lowest BCUT2D eigenvalue weighted by molar-refractivity contribution is -0.141. The third kappa shape index (κ3) is 3.24. The van der Waals surface area contributed by atoms with E-state index in [-0.39, 0.29) is 6.42 Å². The van der Waals surface area contributed by atoms with E-state index in [1.54, 1.807) is 25.3 Å². The van der Waals surface area contributed by atoms with Crippen LogP contribution < -0.4 is 4.74 Å². The van der Waals surface area contributed by atoms with Gasteiger partial charge >= 0.3 is 5.97 Å². The molecule has 122 valence electrons. The van der Waals surface area contributed by atoms with Crippen LogP contribution in [0.2, 0.25) is 0 Å². The Hall–Kier alpha value is -3.22.